The van der Waals surface area contributed by atoms with Crippen LogP contribution in [0.25, 0.3) is 0 Å². The molecule has 4 aliphatic carbocycles. The lowest BCUT2D eigenvalue weighted by atomic mass is 9.44. The van der Waals surface area contributed by atoms with Crippen LogP contribution in [0.5, 0.6) is 0 Å². The molecular formula is C29H49N3O3. The van der Waals surface area contributed by atoms with Gasteiger partial charge in [0.05, 0.1) is 12.2 Å². The second kappa shape index (κ2) is 9.04. The molecule has 6 aliphatic rings. The predicted molar refractivity (Wildman–Crippen MR) is 137 cm³/mol. The smallest absolute Gasteiger partial charge is 0.135 e. The van der Waals surface area contributed by atoms with E-state index in [2.05, 4.69) is 35.6 Å². The van der Waals surface area contributed by atoms with Gasteiger partial charge in [0, 0.05) is 64.2 Å². The molecule has 2 aliphatic heterocycles. The number of nitrogens with zero attached hydrogens (tertiary/aromatic N) is 3. The number of fused-ring (bicyclic) bond motifs is 5. The zero-order chi connectivity index (χ0) is 24.5. The fraction of sp³-hybridized carbons (Fsp3) is 0.966. The van der Waals surface area contributed by atoms with Crippen LogP contribution in [-0.2, 0) is 4.79 Å². The average Bonchev–Trinajstić information content (AvgIpc) is 3.11. The van der Waals surface area contributed by atoms with Gasteiger partial charge in [-0.1, -0.05) is 13.8 Å². The van der Waals surface area contributed by atoms with Crippen molar-refractivity contribution in [1.82, 2.24) is 14.7 Å². The summed E-state index contributed by atoms with van der Waals surface area (Å²) < 4.78 is 0. The molecule has 2 N–H and O–H groups in total. The number of carbonyl (C=O) groups is 1. The number of ketones is 1. The molecule has 0 bridgehead atoms. The standard InChI is InChI=1S/C29H49N3O3/c1-28-9-6-22-21(23(28)17-24(27(28)35)32-14-12-30(3)13-15-32)5-4-19-16-26(34)25(18-29(19,22)2)31-10-7-20(33)8-11-31/h19,21-27,34-35H,4-18H2,1-3H3/t19?,21-,22-,23+,24?,25?,26?,27?,28+,29+/m1/s1. The van der Waals surface area contributed by atoms with E-state index in [1.165, 1.54) is 25.7 Å². The maximum Gasteiger partial charge on any atom is 0.135 e. The van der Waals surface area contributed by atoms with Crippen LogP contribution in [0.4, 0.5) is 0 Å². The molecule has 5 unspecified atom stereocenters. The van der Waals surface area contributed by atoms with Crippen LogP contribution in [0.1, 0.15) is 71.6 Å². The summed E-state index contributed by atoms with van der Waals surface area (Å²) in [6, 6.07) is 0.540. The molecule has 6 heteroatoms. The summed E-state index contributed by atoms with van der Waals surface area (Å²) >= 11 is 0. The Morgan fingerprint density at radius 1 is 0.800 bits per heavy atom. The first kappa shape index (κ1) is 24.8. The second-order valence-electron chi connectivity index (χ2n) is 13.9. The molecule has 2 heterocycles. The first-order valence-corrected chi connectivity index (χ1v) is 14.7. The molecule has 198 valence electrons. The number of carbonyl (C=O) groups excluding carboxylic acids is 1. The Bertz CT molecular complexity index is 805. The third kappa shape index (κ3) is 3.96. The number of piperazine rings is 1. The van der Waals surface area contributed by atoms with Gasteiger partial charge in [0.1, 0.15) is 5.78 Å². The van der Waals surface area contributed by atoms with Crippen LogP contribution in [0.3, 0.4) is 0 Å². The number of hydrogen-bond donors (Lipinski definition) is 2. The molecule has 0 aromatic rings. The minimum Gasteiger partial charge on any atom is -0.391 e. The summed E-state index contributed by atoms with van der Waals surface area (Å²) in [4.78, 5) is 19.3. The molecule has 10 atom stereocenters. The van der Waals surface area contributed by atoms with Crippen LogP contribution in [0.2, 0.25) is 0 Å². The quantitative estimate of drug-likeness (QED) is 0.624. The van der Waals surface area contributed by atoms with Crippen LogP contribution in [0.15, 0.2) is 0 Å². The van der Waals surface area contributed by atoms with Gasteiger partial charge >= 0.3 is 0 Å². The number of likely N-dealkylation sites (N-methyl/N-ethyl adjacent to an activating group) is 1. The highest BCUT2D eigenvalue weighted by atomic mass is 16.3. The largest absolute Gasteiger partial charge is 0.391 e. The van der Waals surface area contributed by atoms with Crippen LogP contribution >= 0.6 is 0 Å². The first-order chi connectivity index (χ1) is 16.7. The molecular weight excluding hydrogens is 438 g/mol. The van der Waals surface area contributed by atoms with E-state index >= 15 is 0 Å². The lowest BCUT2D eigenvalue weighted by Gasteiger charge is -2.62. The van der Waals surface area contributed by atoms with Gasteiger partial charge in [-0.2, -0.15) is 0 Å². The van der Waals surface area contributed by atoms with E-state index in [-0.39, 0.29) is 29.1 Å². The summed E-state index contributed by atoms with van der Waals surface area (Å²) in [7, 11) is 2.21. The summed E-state index contributed by atoms with van der Waals surface area (Å²) in [5.74, 6) is 3.04. The number of rotatable bonds is 2. The van der Waals surface area contributed by atoms with Gasteiger partial charge in [-0.25, -0.2) is 0 Å². The minimum atomic E-state index is -0.249. The Kier molecular flexibility index (Phi) is 6.40. The van der Waals surface area contributed by atoms with Crippen molar-refractivity contribution in [2.45, 2.75) is 95.9 Å². The summed E-state index contributed by atoms with van der Waals surface area (Å²) in [5.41, 5.74) is 0.325. The fourth-order valence-electron chi connectivity index (χ4n) is 10.2. The van der Waals surface area contributed by atoms with Crippen molar-refractivity contribution in [3.8, 4) is 0 Å². The molecule has 0 aromatic carbocycles. The third-order valence-electron chi connectivity index (χ3n) is 12.5. The maximum atomic E-state index is 11.9. The highest BCUT2D eigenvalue weighted by molar-refractivity contribution is 5.79. The topological polar surface area (TPSA) is 67.2 Å². The minimum absolute atomic E-state index is 0.0548. The van der Waals surface area contributed by atoms with Gasteiger partial charge in [0.15, 0.2) is 0 Å². The van der Waals surface area contributed by atoms with E-state index in [0.717, 1.165) is 58.5 Å². The van der Waals surface area contributed by atoms with Crippen LogP contribution < -0.4 is 0 Å². The molecule has 4 saturated carbocycles. The fourth-order valence-corrected chi connectivity index (χ4v) is 10.2. The highest BCUT2D eigenvalue weighted by Crippen LogP contribution is 2.66. The number of Topliss-reactive ketones (excluding diaryl/α,β-unsaturated/α-hetero) is 1. The zero-order valence-electron chi connectivity index (χ0n) is 22.4. The normalized spacial score (nSPS) is 52.1. The zero-order valence-corrected chi connectivity index (χ0v) is 22.4. The average molecular weight is 488 g/mol. The number of piperidine rings is 1. The van der Waals surface area contributed by atoms with E-state index in [0.29, 0.717) is 48.3 Å². The monoisotopic (exact) mass is 487 g/mol. The van der Waals surface area contributed by atoms with Gasteiger partial charge < -0.3 is 15.1 Å². The Morgan fingerprint density at radius 3 is 2.20 bits per heavy atom. The van der Waals surface area contributed by atoms with Gasteiger partial charge in [0.25, 0.3) is 0 Å². The molecule has 0 amide bonds. The van der Waals surface area contributed by atoms with Gasteiger partial charge in [0.2, 0.25) is 0 Å². The summed E-state index contributed by atoms with van der Waals surface area (Å²) in [5, 5.41) is 22.9. The van der Waals surface area contributed by atoms with Crippen molar-refractivity contribution in [3.05, 3.63) is 0 Å². The number of likely N-dealkylation sites (tertiary alicyclic amines) is 1. The van der Waals surface area contributed by atoms with Gasteiger partial charge in [-0.15, -0.1) is 0 Å². The number of hydrogen-bond acceptors (Lipinski definition) is 6. The molecule has 35 heavy (non-hydrogen) atoms. The van der Waals surface area contributed by atoms with E-state index in [1.54, 1.807) is 0 Å². The molecule has 0 aromatic heterocycles. The first-order valence-electron chi connectivity index (χ1n) is 14.7. The highest BCUT2D eigenvalue weighted by Gasteiger charge is 2.63. The molecule has 0 radical (unpaired) electrons. The van der Waals surface area contributed by atoms with Gasteiger partial charge in [-0.05, 0) is 86.5 Å². The maximum absolute atomic E-state index is 11.9. The summed E-state index contributed by atoms with van der Waals surface area (Å²) in [6.07, 6.45) is 8.95. The third-order valence-corrected chi connectivity index (χ3v) is 12.5. The number of aliphatic hydroxyl groups excluding tert-OH is 2. The van der Waals surface area contributed by atoms with E-state index in [4.69, 9.17) is 0 Å². The molecule has 2 saturated heterocycles. The summed E-state index contributed by atoms with van der Waals surface area (Å²) in [6.45, 7) is 11.0. The lowest BCUT2D eigenvalue weighted by molar-refractivity contribution is -0.156. The Labute approximate surface area is 212 Å². The second-order valence-corrected chi connectivity index (χ2v) is 13.9. The van der Waals surface area contributed by atoms with Crippen molar-refractivity contribution in [2.24, 2.45) is 34.5 Å². The van der Waals surface area contributed by atoms with E-state index < -0.39 is 0 Å². The Balaban J connectivity index is 1.22. The molecule has 6 fully saturated rings. The van der Waals surface area contributed by atoms with Crippen LogP contribution in [-0.4, -0.2) is 101 Å². The van der Waals surface area contributed by atoms with E-state index in [9.17, 15) is 15.0 Å². The van der Waals surface area contributed by atoms with Crippen molar-refractivity contribution in [2.75, 3.05) is 46.3 Å². The Hall–Kier alpha value is -0.530. The van der Waals surface area contributed by atoms with Crippen molar-refractivity contribution >= 4 is 5.78 Å². The van der Waals surface area contributed by atoms with Crippen molar-refractivity contribution in [3.63, 3.8) is 0 Å². The SMILES string of the molecule is CN1CCN(C2C[C@H]3[C@@H]4CCC5CC(O)C(N6CCC(=O)CC6)C[C@]5(C)[C@@H]4CC[C@]3(C)C2O)CC1. The van der Waals surface area contributed by atoms with Crippen LogP contribution in [0, 0.1) is 34.5 Å². The van der Waals surface area contributed by atoms with E-state index in [1.807, 2.05) is 0 Å². The van der Waals surface area contributed by atoms with Crippen molar-refractivity contribution in [1.29, 1.82) is 0 Å². The molecule has 6 nitrogen and oxygen atoms in total. The molecule has 0 spiro atoms. The molecule has 6 rings (SSSR count). The Morgan fingerprint density at radius 2 is 1.49 bits per heavy atom. The van der Waals surface area contributed by atoms with Gasteiger partial charge in [-0.3, -0.25) is 14.6 Å². The number of aliphatic hydroxyl groups is 2. The van der Waals surface area contributed by atoms with Crippen molar-refractivity contribution < 1.29 is 15.0 Å². The predicted octanol–water partition coefficient (Wildman–Crippen LogP) is 2.62. The lowest BCUT2D eigenvalue weighted by Crippen LogP contribution is -2.60.